The molecule has 0 saturated heterocycles. The topological polar surface area (TPSA) is 17.1 Å². The summed E-state index contributed by atoms with van der Waals surface area (Å²) in [6, 6.07) is 37.2. The number of fused-ring (bicyclic) bond motifs is 6. The summed E-state index contributed by atoms with van der Waals surface area (Å²) in [5, 5.41) is 0. The van der Waals surface area contributed by atoms with Gasteiger partial charge in [0.2, 0.25) is 0 Å². The molecule has 0 bridgehead atoms. The maximum atomic E-state index is 13.9. The summed E-state index contributed by atoms with van der Waals surface area (Å²) in [5.41, 5.74) is 13.4. The Balaban J connectivity index is 1.32. The molecule has 2 aliphatic rings. The van der Waals surface area contributed by atoms with Gasteiger partial charge < -0.3 is 0 Å². The average Bonchev–Trinajstić information content (AvgIpc) is 3.36. The molecule has 1 unspecified atom stereocenters. The van der Waals surface area contributed by atoms with Crippen LogP contribution in [0.15, 0.2) is 113 Å². The second kappa shape index (κ2) is 8.37. The van der Waals surface area contributed by atoms with E-state index < -0.39 is 10.8 Å². The van der Waals surface area contributed by atoms with Gasteiger partial charge in [-0.2, -0.15) is 0 Å². The highest BCUT2D eigenvalue weighted by molar-refractivity contribution is 7.86. The Morgan fingerprint density at radius 3 is 2.05 bits per heavy atom. The highest BCUT2D eigenvalue weighted by atomic mass is 32.2. The summed E-state index contributed by atoms with van der Waals surface area (Å²) in [4.78, 5) is 1.86. The molecule has 0 N–H and O–H groups in total. The van der Waals surface area contributed by atoms with Gasteiger partial charge in [0.05, 0.1) is 20.6 Å². The third kappa shape index (κ3) is 3.62. The van der Waals surface area contributed by atoms with E-state index >= 15 is 0 Å². The van der Waals surface area contributed by atoms with Crippen LogP contribution in [0.4, 0.5) is 0 Å². The molecule has 7 rings (SSSR count). The molecule has 1 heterocycles. The second-order valence-electron chi connectivity index (χ2n) is 12.4. The van der Waals surface area contributed by atoms with Crippen LogP contribution in [0.25, 0.3) is 44.5 Å². The Morgan fingerprint density at radius 1 is 0.564 bits per heavy atom. The molecule has 2 heteroatoms. The van der Waals surface area contributed by atoms with Crippen molar-refractivity contribution in [3.63, 3.8) is 0 Å². The third-order valence-electron chi connectivity index (χ3n) is 8.63. The van der Waals surface area contributed by atoms with Crippen LogP contribution in [0.3, 0.4) is 0 Å². The minimum Gasteiger partial charge on any atom is -0.249 e. The summed E-state index contributed by atoms with van der Waals surface area (Å²) in [6.45, 7) is 11.2. The highest BCUT2D eigenvalue weighted by Crippen LogP contribution is 2.50. The fourth-order valence-corrected chi connectivity index (χ4v) is 8.01. The van der Waals surface area contributed by atoms with Crippen LogP contribution in [0.5, 0.6) is 0 Å². The van der Waals surface area contributed by atoms with E-state index in [-0.39, 0.29) is 10.8 Å². The van der Waals surface area contributed by atoms with Crippen molar-refractivity contribution in [2.75, 3.05) is 0 Å². The van der Waals surface area contributed by atoms with E-state index in [0.717, 1.165) is 32.0 Å². The van der Waals surface area contributed by atoms with E-state index in [0.29, 0.717) is 0 Å². The molecular formula is C37H32OS. The molecule has 192 valence electrons. The molecule has 0 radical (unpaired) electrons. The summed E-state index contributed by atoms with van der Waals surface area (Å²) in [7, 11) is -1.21. The first-order chi connectivity index (χ1) is 18.6. The first kappa shape index (κ1) is 24.3. The van der Waals surface area contributed by atoms with Crippen molar-refractivity contribution >= 4 is 10.8 Å². The van der Waals surface area contributed by atoms with E-state index in [1.54, 1.807) is 0 Å². The van der Waals surface area contributed by atoms with Gasteiger partial charge in [-0.1, -0.05) is 120 Å². The van der Waals surface area contributed by atoms with Crippen LogP contribution < -0.4 is 0 Å². The van der Waals surface area contributed by atoms with Crippen molar-refractivity contribution in [2.24, 2.45) is 0 Å². The van der Waals surface area contributed by atoms with E-state index in [2.05, 4.69) is 138 Å². The molecule has 1 aliphatic heterocycles. The molecular weight excluding hydrogens is 492 g/mol. The Morgan fingerprint density at radius 2 is 1.23 bits per heavy atom. The Bertz CT molecular complexity index is 1830. The third-order valence-corrected chi connectivity index (χ3v) is 10.2. The van der Waals surface area contributed by atoms with E-state index in [9.17, 15) is 4.21 Å². The van der Waals surface area contributed by atoms with Crippen molar-refractivity contribution in [3.05, 3.63) is 120 Å². The van der Waals surface area contributed by atoms with Gasteiger partial charge in [0.15, 0.2) is 0 Å². The lowest BCUT2D eigenvalue weighted by atomic mass is 9.82. The molecule has 1 aliphatic carbocycles. The quantitative estimate of drug-likeness (QED) is 0.220. The SMILES string of the molecule is CC(C)(C)c1ccc2c(c1)S(=O)c1c(-c3cccc(-c4ccc5c(c4)-c4ccccc4C5(C)C)c3)cccc1-2. The lowest BCUT2D eigenvalue weighted by Gasteiger charge is -2.21. The van der Waals surface area contributed by atoms with Gasteiger partial charge in [0, 0.05) is 11.0 Å². The molecule has 0 saturated carbocycles. The van der Waals surface area contributed by atoms with Gasteiger partial charge in [0.25, 0.3) is 0 Å². The van der Waals surface area contributed by atoms with Crippen LogP contribution in [0.2, 0.25) is 0 Å². The zero-order chi connectivity index (χ0) is 27.1. The predicted molar refractivity (Wildman–Crippen MR) is 164 cm³/mol. The predicted octanol–water partition coefficient (Wildman–Crippen LogP) is 9.77. The van der Waals surface area contributed by atoms with Crippen LogP contribution in [0, 0.1) is 0 Å². The smallest absolute Gasteiger partial charge is 0.0868 e. The van der Waals surface area contributed by atoms with E-state index in [1.807, 2.05) is 0 Å². The zero-order valence-corrected chi connectivity index (χ0v) is 23.9. The van der Waals surface area contributed by atoms with Gasteiger partial charge in [-0.25, -0.2) is 4.21 Å². The van der Waals surface area contributed by atoms with Crippen molar-refractivity contribution in [1.29, 1.82) is 0 Å². The fraction of sp³-hybridized carbons (Fsp3) is 0.189. The van der Waals surface area contributed by atoms with Crippen LogP contribution in [0.1, 0.15) is 51.3 Å². The normalized spacial score (nSPS) is 16.4. The Labute approximate surface area is 234 Å². The second-order valence-corrected chi connectivity index (χ2v) is 13.8. The van der Waals surface area contributed by atoms with Crippen molar-refractivity contribution in [2.45, 2.75) is 55.2 Å². The molecule has 0 amide bonds. The fourth-order valence-electron chi connectivity index (χ4n) is 6.42. The summed E-state index contributed by atoms with van der Waals surface area (Å²) in [6.07, 6.45) is 0. The molecule has 1 atom stereocenters. The largest absolute Gasteiger partial charge is 0.249 e. The van der Waals surface area contributed by atoms with Gasteiger partial charge in [-0.05, 0) is 79.2 Å². The van der Waals surface area contributed by atoms with Crippen LogP contribution >= 0.6 is 0 Å². The molecule has 0 fully saturated rings. The highest BCUT2D eigenvalue weighted by Gasteiger charge is 2.35. The standard InChI is InChI=1S/C37H32OS/c1-36(2,3)26-17-18-29-30-14-9-13-27(35(30)39(38)34(29)22-26)25-11-8-10-23(20-25)24-16-19-33-31(21-24)28-12-6-7-15-32(28)37(33,4)5/h6-22H,1-5H3. The zero-order valence-electron chi connectivity index (χ0n) is 23.1. The summed E-state index contributed by atoms with van der Waals surface area (Å²) < 4.78 is 13.9. The molecule has 5 aromatic carbocycles. The minimum atomic E-state index is -1.21. The number of benzene rings is 5. The van der Waals surface area contributed by atoms with Gasteiger partial charge >= 0.3 is 0 Å². The van der Waals surface area contributed by atoms with Gasteiger partial charge in [-0.3, -0.25) is 0 Å². The summed E-state index contributed by atoms with van der Waals surface area (Å²) >= 11 is 0. The molecule has 0 aromatic heterocycles. The first-order valence-corrected chi connectivity index (χ1v) is 14.8. The monoisotopic (exact) mass is 524 g/mol. The molecule has 1 nitrogen and oxygen atoms in total. The van der Waals surface area contributed by atoms with Crippen LogP contribution in [-0.4, -0.2) is 4.21 Å². The van der Waals surface area contributed by atoms with Crippen molar-refractivity contribution in [1.82, 2.24) is 0 Å². The van der Waals surface area contributed by atoms with Gasteiger partial charge in [-0.15, -0.1) is 0 Å². The number of hydrogen-bond donors (Lipinski definition) is 0. The lowest BCUT2D eigenvalue weighted by Crippen LogP contribution is -2.14. The molecule has 5 aromatic rings. The molecule has 39 heavy (non-hydrogen) atoms. The van der Waals surface area contributed by atoms with E-state index in [1.165, 1.54) is 38.9 Å². The maximum absolute atomic E-state index is 13.9. The molecule has 0 spiro atoms. The average molecular weight is 525 g/mol. The first-order valence-electron chi connectivity index (χ1n) is 13.7. The van der Waals surface area contributed by atoms with E-state index in [4.69, 9.17) is 0 Å². The Hall–Kier alpha value is -3.75. The minimum absolute atomic E-state index is 0.00280. The van der Waals surface area contributed by atoms with Crippen molar-refractivity contribution in [3.8, 4) is 44.5 Å². The number of hydrogen-bond acceptors (Lipinski definition) is 1. The maximum Gasteiger partial charge on any atom is 0.0868 e. The van der Waals surface area contributed by atoms with Gasteiger partial charge in [0.1, 0.15) is 0 Å². The summed E-state index contributed by atoms with van der Waals surface area (Å²) in [5.74, 6) is 0. The van der Waals surface area contributed by atoms with Crippen molar-refractivity contribution < 1.29 is 4.21 Å². The number of rotatable bonds is 2. The Kier molecular flexibility index (Phi) is 5.22. The lowest BCUT2D eigenvalue weighted by molar-refractivity contribution is 0.588. The van der Waals surface area contributed by atoms with Crippen LogP contribution in [-0.2, 0) is 21.6 Å².